The van der Waals surface area contributed by atoms with Gasteiger partial charge in [0.2, 0.25) is 17.8 Å². The monoisotopic (exact) mass is 886 g/mol. The van der Waals surface area contributed by atoms with Gasteiger partial charge >= 0.3 is 21.3 Å². The molecule has 3 saturated heterocycles. The van der Waals surface area contributed by atoms with Crippen LogP contribution in [-0.2, 0) is 41.4 Å². The molecule has 0 saturated carbocycles. The Hall–Kier alpha value is -5.07. The van der Waals surface area contributed by atoms with E-state index in [1.165, 1.54) is 21.8 Å². The van der Waals surface area contributed by atoms with E-state index >= 15 is 0 Å². The van der Waals surface area contributed by atoms with Crippen LogP contribution in [0.5, 0.6) is 0 Å². The second-order valence-corrected chi connectivity index (χ2v) is 16.5. The molecule has 3 aliphatic rings. The number of rotatable bonds is 14. The predicted molar refractivity (Wildman–Crippen MR) is 196 cm³/mol. The summed E-state index contributed by atoms with van der Waals surface area (Å²) in [5, 5.41) is 21.3. The number of nitrogens with one attached hydrogen (secondary N) is 2. The smallest absolute Gasteiger partial charge is 0.390 e. The van der Waals surface area contributed by atoms with E-state index in [2.05, 4.69) is 39.9 Å². The van der Waals surface area contributed by atoms with E-state index in [4.69, 9.17) is 49.5 Å². The number of fused-ring (bicyclic) bond motifs is 2. The molecule has 8 rings (SSSR count). The van der Waals surface area contributed by atoms with Crippen LogP contribution in [0.25, 0.3) is 22.3 Å². The third-order valence-corrected chi connectivity index (χ3v) is 11.6. The number of phosphoric ester groups is 2. The van der Waals surface area contributed by atoms with Gasteiger partial charge in [-0.1, -0.05) is 0 Å². The molecular weight excluding hydrogens is 850 g/mol. The summed E-state index contributed by atoms with van der Waals surface area (Å²) in [6.45, 7) is -2.19. The summed E-state index contributed by atoms with van der Waals surface area (Å²) in [6.07, 6.45) is -7.82. The molecule has 0 aliphatic carbocycles. The third kappa shape index (κ3) is 8.59. The van der Waals surface area contributed by atoms with Crippen molar-refractivity contribution < 1.29 is 61.4 Å². The fourth-order valence-corrected chi connectivity index (χ4v) is 8.51. The second kappa shape index (κ2) is 16.1. The van der Waals surface area contributed by atoms with Gasteiger partial charge in [0, 0.05) is 19.3 Å². The molecule has 0 bridgehead atoms. The molecule has 60 heavy (non-hydrogen) atoms. The normalized spacial score (nSPS) is 29.0. The maximum Gasteiger partial charge on any atom is 0.472 e. The molecule has 5 aromatic heterocycles. The molecule has 3 aliphatic heterocycles. The Labute approximate surface area is 332 Å². The van der Waals surface area contributed by atoms with Gasteiger partial charge in [0.15, 0.2) is 22.3 Å². The number of aliphatic hydroxyl groups excluding tert-OH is 2. The van der Waals surface area contributed by atoms with E-state index in [0.717, 1.165) is 10.9 Å². The Bertz CT molecular complexity index is 2690. The van der Waals surface area contributed by atoms with Gasteiger partial charge in [0.1, 0.15) is 49.4 Å². The lowest BCUT2D eigenvalue weighted by Gasteiger charge is -2.23. The minimum Gasteiger partial charge on any atom is -0.390 e. The number of aromatic amines is 2. The Morgan fingerprint density at radius 2 is 1.12 bits per heavy atom. The number of phosphoric acid groups is 2. The number of anilines is 3. The SMILES string of the molecule is Nc1ncn([C@H]2CC(OP(=O)(O)OC[C@H]3O[C@@H](n4cnc5c(=O)[nH]c(N)nc54)CC3O)[C@@H](COP(=O)(O)OC[C@H]3O[C@@H](n4cnc5c(=O)[nH]c(N)nc54)CC3O)O2)c(=O)n1. The van der Waals surface area contributed by atoms with Crippen molar-refractivity contribution >= 4 is 55.8 Å². The molecule has 3 fully saturated rings. The van der Waals surface area contributed by atoms with E-state index in [1.54, 1.807) is 0 Å². The van der Waals surface area contributed by atoms with Crippen molar-refractivity contribution in [3.63, 3.8) is 0 Å². The first-order valence-electron chi connectivity index (χ1n) is 17.7. The zero-order valence-electron chi connectivity index (χ0n) is 30.5. The standard InChI is InChI=1S/C28H36N14O16P2/c29-25-34-9-42(28(47)39-25)18-3-12(58-60(50,51)54-5-14-11(44)2-17(56-14)41-8-33-20-22(41)36-27(31)38-24(20)46)15(57-18)6-53-59(48,49)52-4-13-10(43)1-16(55-13)40-7-32-19-21(40)35-26(30)37-23(19)45/h7-18,43-44H,1-6H2,(H,48,49)(H,50,51)(H2,29,39,47)(H3,30,35,37,45)(H3,31,36,38,46)/t10?,11?,12?,13-,14-,15-,16-,17-,18-/m1/s1. The lowest BCUT2D eigenvalue weighted by Crippen LogP contribution is -2.30. The lowest BCUT2D eigenvalue weighted by atomic mass is 10.2. The zero-order chi connectivity index (χ0) is 42.7. The van der Waals surface area contributed by atoms with Crippen molar-refractivity contribution in [2.24, 2.45) is 0 Å². The van der Waals surface area contributed by atoms with Gasteiger partial charge in [-0.15, -0.1) is 0 Å². The summed E-state index contributed by atoms with van der Waals surface area (Å²) in [7, 11) is -10.1. The number of ether oxygens (including phenoxy) is 3. The number of nitrogens with two attached hydrogens (primary N) is 3. The van der Waals surface area contributed by atoms with Crippen LogP contribution in [0.3, 0.4) is 0 Å². The summed E-state index contributed by atoms with van der Waals surface area (Å²) in [6, 6.07) is 0. The molecule has 32 heteroatoms. The lowest BCUT2D eigenvalue weighted by molar-refractivity contribution is -0.0613. The summed E-state index contributed by atoms with van der Waals surface area (Å²) in [5.74, 6) is -0.714. The van der Waals surface area contributed by atoms with Crippen molar-refractivity contribution in [2.75, 3.05) is 37.0 Å². The molecule has 5 aromatic rings. The van der Waals surface area contributed by atoms with Crippen molar-refractivity contribution in [2.45, 2.75) is 74.6 Å². The van der Waals surface area contributed by atoms with Gasteiger partial charge in [-0.2, -0.15) is 15.0 Å². The topological polar surface area (TPSA) is 433 Å². The van der Waals surface area contributed by atoms with Gasteiger partial charge in [-0.25, -0.2) is 28.9 Å². The van der Waals surface area contributed by atoms with Crippen molar-refractivity contribution in [3.8, 4) is 0 Å². The Morgan fingerprint density at radius 1 is 0.667 bits per heavy atom. The Morgan fingerprint density at radius 3 is 1.63 bits per heavy atom. The van der Waals surface area contributed by atoms with Gasteiger partial charge < -0.3 is 51.4 Å². The number of nitrogen functional groups attached to an aromatic ring is 3. The highest BCUT2D eigenvalue weighted by Gasteiger charge is 2.45. The highest BCUT2D eigenvalue weighted by atomic mass is 31.2. The highest BCUT2D eigenvalue weighted by Crippen LogP contribution is 2.50. The number of aliphatic hydroxyl groups is 2. The van der Waals surface area contributed by atoms with Gasteiger partial charge in [0.25, 0.3) is 11.1 Å². The molecule has 11 atom stereocenters. The van der Waals surface area contributed by atoms with Crippen LogP contribution in [0, 0.1) is 0 Å². The third-order valence-electron chi connectivity index (χ3n) is 9.64. The van der Waals surface area contributed by atoms with Gasteiger partial charge in [-0.3, -0.25) is 51.4 Å². The Balaban J connectivity index is 0.899. The van der Waals surface area contributed by atoms with Crippen molar-refractivity contribution in [1.29, 1.82) is 0 Å². The zero-order valence-corrected chi connectivity index (χ0v) is 32.3. The minimum absolute atomic E-state index is 0.0350. The molecule has 30 nitrogen and oxygen atoms in total. The van der Waals surface area contributed by atoms with Crippen molar-refractivity contribution in [1.82, 2.24) is 53.6 Å². The largest absolute Gasteiger partial charge is 0.472 e. The summed E-state index contributed by atoms with van der Waals surface area (Å²) in [4.78, 5) is 86.3. The van der Waals surface area contributed by atoms with Gasteiger partial charge in [-0.05, 0) is 0 Å². The van der Waals surface area contributed by atoms with Crippen LogP contribution in [0.1, 0.15) is 37.9 Å². The molecule has 8 heterocycles. The molecule has 0 aromatic carbocycles. The van der Waals surface area contributed by atoms with Crippen LogP contribution in [0.4, 0.5) is 17.8 Å². The fraction of sp³-hybridized carbons (Fsp3) is 0.536. The summed E-state index contributed by atoms with van der Waals surface area (Å²) in [5.41, 5.74) is 14.8. The van der Waals surface area contributed by atoms with Crippen LogP contribution < -0.4 is 34.0 Å². The average molecular weight is 887 g/mol. The first-order chi connectivity index (χ1) is 28.4. The molecule has 0 radical (unpaired) electrons. The van der Waals surface area contributed by atoms with E-state index < -0.39 is 108 Å². The van der Waals surface area contributed by atoms with Crippen LogP contribution >= 0.6 is 15.6 Å². The first-order valence-corrected chi connectivity index (χ1v) is 20.7. The quantitative estimate of drug-likeness (QED) is 0.0498. The molecule has 12 N–H and O–H groups in total. The van der Waals surface area contributed by atoms with E-state index in [-0.39, 0.29) is 59.4 Å². The number of hydrogen-bond donors (Lipinski definition) is 9. The van der Waals surface area contributed by atoms with Crippen LogP contribution in [-0.4, -0.2) is 130 Å². The second-order valence-electron chi connectivity index (χ2n) is 13.7. The molecule has 5 unspecified atom stereocenters. The highest BCUT2D eigenvalue weighted by molar-refractivity contribution is 7.47. The van der Waals surface area contributed by atoms with E-state index in [9.17, 15) is 43.5 Å². The van der Waals surface area contributed by atoms with Gasteiger partial charge in [0.05, 0.1) is 44.7 Å². The first kappa shape index (κ1) is 41.7. The summed E-state index contributed by atoms with van der Waals surface area (Å²) < 4.78 is 68.2. The minimum atomic E-state index is -5.08. The Kier molecular flexibility index (Phi) is 11.2. The molecule has 0 spiro atoms. The number of imidazole rings is 2. The molecular formula is C28H36N14O16P2. The number of hydrogen-bond acceptors (Lipinski definition) is 23. The van der Waals surface area contributed by atoms with E-state index in [1.807, 2.05) is 0 Å². The predicted octanol–water partition coefficient (Wildman–Crippen LogP) is -3.13. The average Bonchev–Trinajstić information content (AvgIpc) is 4.00. The summed E-state index contributed by atoms with van der Waals surface area (Å²) >= 11 is 0. The number of aromatic nitrogens is 11. The maximum atomic E-state index is 13.3. The van der Waals surface area contributed by atoms with E-state index in [0.29, 0.717) is 0 Å². The van der Waals surface area contributed by atoms with Crippen molar-refractivity contribution in [3.05, 3.63) is 50.2 Å². The maximum absolute atomic E-state index is 13.3. The molecule has 324 valence electrons. The van der Waals surface area contributed by atoms with Crippen LogP contribution in [0.15, 0.2) is 33.4 Å². The fourth-order valence-electron chi connectivity index (χ4n) is 6.81. The van der Waals surface area contributed by atoms with Crippen LogP contribution in [0.2, 0.25) is 0 Å². The number of H-pyrrole nitrogens is 2. The molecule has 0 amide bonds. The number of nitrogens with zero attached hydrogens (tertiary/aromatic N) is 9.